The zero-order valence-electron chi connectivity index (χ0n) is 17.5. The summed E-state index contributed by atoms with van der Waals surface area (Å²) in [5.74, 6) is 0.653. The van der Waals surface area contributed by atoms with Crippen LogP contribution in [0, 0.1) is 11.6 Å². The molecular weight excluding hydrogens is 462 g/mol. The third-order valence-corrected chi connectivity index (χ3v) is 5.69. The largest absolute Gasteiger partial charge is 0.484 e. The third-order valence-electron chi connectivity index (χ3n) is 4.88. The molecule has 0 unspecified atom stereocenters. The first-order valence-corrected chi connectivity index (χ1v) is 11.2. The van der Waals surface area contributed by atoms with Crippen LogP contribution in [0.25, 0.3) is 16.6 Å². The topological polar surface area (TPSA) is 83.0 Å². The minimum absolute atomic E-state index is 0.0215. The number of nitrogens with zero attached hydrogens (tertiary/aromatic N) is 4. The molecule has 34 heavy (non-hydrogen) atoms. The zero-order chi connectivity index (χ0) is 23.5. The molecule has 0 spiro atoms. The summed E-state index contributed by atoms with van der Waals surface area (Å²) in [5.41, 5.74) is 0.797. The van der Waals surface area contributed by atoms with Gasteiger partial charge in [0.05, 0.1) is 22.3 Å². The SMILES string of the molecule is O=c1c2ccccc2nc(CSc2nnc(COc3ccc(F)cc3)o2)n1-c1ccc(F)cc1. The Morgan fingerprint density at radius 1 is 0.912 bits per heavy atom. The van der Waals surface area contributed by atoms with Gasteiger partial charge in [-0.2, -0.15) is 0 Å². The Balaban J connectivity index is 1.37. The highest BCUT2D eigenvalue weighted by Crippen LogP contribution is 2.23. The Morgan fingerprint density at radius 2 is 1.62 bits per heavy atom. The molecule has 0 aliphatic carbocycles. The van der Waals surface area contributed by atoms with Crippen LogP contribution in [0.15, 0.2) is 87.2 Å². The van der Waals surface area contributed by atoms with Crippen LogP contribution in [-0.2, 0) is 12.4 Å². The molecule has 0 radical (unpaired) electrons. The summed E-state index contributed by atoms with van der Waals surface area (Å²) in [6.45, 7) is 0.0215. The van der Waals surface area contributed by atoms with E-state index in [0.29, 0.717) is 28.2 Å². The number of thioether (sulfide) groups is 1. The van der Waals surface area contributed by atoms with Crippen LogP contribution in [0.2, 0.25) is 0 Å². The molecule has 0 aliphatic heterocycles. The quantitative estimate of drug-likeness (QED) is 0.307. The monoisotopic (exact) mass is 478 g/mol. The molecule has 170 valence electrons. The Hall–Kier alpha value is -4.05. The van der Waals surface area contributed by atoms with Gasteiger partial charge in [0.2, 0.25) is 0 Å². The van der Waals surface area contributed by atoms with Crippen molar-refractivity contribution in [1.82, 2.24) is 19.7 Å². The average molecular weight is 478 g/mol. The van der Waals surface area contributed by atoms with E-state index in [9.17, 15) is 13.6 Å². The number of hydrogen-bond acceptors (Lipinski definition) is 7. The Morgan fingerprint density at radius 3 is 2.38 bits per heavy atom. The Bertz CT molecular complexity index is 1500. The third kappa shape index (κ3) is 4.67. The lowest BCUT2D eigenvalue weighted by Crippen LogP contribution is -2.23. The van der Waals surface area contributed by atoms with E-state index < -0.39 is 5.82 Å². The molecule has 7 nitrogen and oxygen atoms in total. The number of benzene rings is 3. The van der Waals surface area contributed by atoms with Crippen molar-refractivity contribution in [2.75, 3.05) is 0 Å². The average Bonchev–Trinajstić information content (AvgIpc) is 3.31. The molecule has 10 heteroatoms. The first kappa shape index (κ1) is 21.8. The van der Waals surface area contributed by atoms with E-state index in [4.69, 9.17) is 9.15 Å². The fourth-order valence-electron chi connectivity index (χ4n) is 3.29. The van der Waals surface area contributed by atoms with E-state index in [1.165, 1.54) is 64.9 Å². The van der Waals surface area contributed by atoms with Crippen molar-refractivity contribution in [3.05, 3.63) is 106 Å². The molecule has 0 saturated carbocycles. The van der Waals surface area contributed by atoms with Gasteiger partial charge in [0.15, 0.2) is 6.61 Å². The van der Waals surface area contributed by atoms with Crippen LogP contribution in [0.3, 0.4) is 0 Å². The van der Waals surface area contributed by atoms with Crippen molar-refractivity contribution < 1.29 is 17.9 Å². The number of hydrogen-bond donors (Lipinski definition) is 0. The minimum Gasteiger partial charge on any atom is -0.484 e. The van der Waals surface area contributed by atoms with Crippen molar-refractivity contribution in [1.29, 1.82) is 0 Å². The molecule has 0 amide bonds. The summed E-state index contributed by atoms with van der Waals surface area (Å²) < 4.78 is 39.0. The maximum absolute atomic E-state index is 13.5. The highest BCUT2D eigenvalue weighted by molar-refractivity contribution is 7.98. The molecule has 0 bridgehead atoms. The van der Waals surface area contributed by atoms with Gasteiger partial charge in [-0.1, -0.05) is 23.9 Å². The molecule has 0 atom stereocenters. The van der Waals surface area contributed by atoms with E-state index in [1.54, 1.807) is 24.3 Å². The van der Waals surface area contributed by atoms with Crippen molar-refractivity contribution in [3.63, 3.8) is 0 Å². The minimum atomic E-state index is -0.400. The fraction of sp³-hybridized carbons (Fsp3) is 0.0833. The molecule has 0 fully saturated rings. The van der Waals surface area contributed by atoms with Gasteiger partial charge in [0, 0.05) is 0 Å². The maximum atomic E-state index is 13.5. The fourth-order valence-corrected chi connectivity index (χ4v) is 3.99. The summed E-state index contributed by atoms with van der Waals surface area (Å²) in [7, 11) is 0. The molecule has 0 aliphatic rings. The molecule has 5 rings (SSSR count). The number of ether oxygens (including phenoxy) is 1. The predicted octanol–water partition coefficient (Wildman–Crippen LogP) is 4.92. The zero-order valence-corrected chi connectivity index (χ0v) is 18.3. The van der Waals surface area contributed by atoms with Crippen LogP contribution >= 0.6 is 11.8 Å². The second-order valence-electron chi connectivity index (χ2n) is 7.16. The van der Waals surface area contributed by atoms with E-state index in [0.717, 1.165) is 0 Å². The standard InChI is InChI=1S/C24H16F2N4O3S/c25-15-5-9-17(10-6-15)30-21(27-20-4-2-1-3-19(20)23(30)31)14-34-24-29-28-22(33-24)13-32-18-11-7-16(26)8-12-18/h1-12H,13-14H2. The van der Waals surface area contributed by atoms with E-state index >= 15 is 0 Å². The number of halogens is 2. The number of rotatable bonds is 7. The highest BCUT2D eigenvalue weighted by Gasteiger charge is 2.15. The van der Waals surface area contributed by atoms with Gasteiger partial charge in [-0.15, -0.1) is 10.2 Å². The highest BCUT2D eigenvalue weighted by atomic mass is 32.2. The molecule has 0 saturated heterocycles. The second-order valence-corrected chi connectivity index (χ2v) is 8.08. The van der Waals surface area contributed by atoms with Crippen LogP contribution < -0.4 is 10.3 Å². The molecule has 2 heterocycles. The lowest BCUT2D eigenvalue weighted by Gasteiger charge is -2.13. The van der Waals surface area contributed by atoms with Crippen LogP contribution in [0.4, 0.5) is 8.78 Å². The molecule has 0 N–H and O–H groups in total. The van der Waals surface area contributed by atoms with Crippen LogP contribution in [-0.4, -0.2) is 19.7 Å². The summed E-state index contributed by atoms with van der Waals surface area (Å²) in [6, 6.07) is 18.3. The predicted molar refractivity (Wildman–Crippen MR) is 122 cm³/mol. The van der Waals surface area contributed by atoms with Crippen LogP contribution in [0.5, 0.6) is 5.75 Å². The first-order valence-electron chi connectivity index (χ1n) is 10.2. The van der Waals surface area contributed by atoms with Crippen molar-refractivity contribution in [2.45, 2.75) is 17.6 Å². The number of para-hydroxylation sites is 1. The summed E-state index contributed by atoms with van der Waals surface area (Å²) in [5, 5.41) is 8.68. The normalized spacial score (nSPS) is 11.1. The van der Waals surface area contributed by atoms with Gasteiger partial charge in [0.1, 0.15) is 23.2 Å². The van der Waals surface area contributed by atoms with Crippen LogP contribution in [0.1, 0.15) is 11.7 Å². The van der Waals surface area contributed by atoms with E-state index in [-0.39, 0.29) is 34.8 Å². The van der Waals surface area contributed by atoms with Gasteiger partial charge in [0.25, 0.3) is 16.7 Å². The lowest BCUT2D eigenvalue weighted by atomic mass is 10.2. The smallest absolute Gasteiger partial charge is 0.277 e. The summed E-state index contributed by atoms with van der Waals surface area (Å²) in [4.78, 5) is 17.9. The van der Waals surface area contributed by atoms with Gasteiger partial charge in [-0.3, -0.25) is 9.36 Å². The summed E-state index contributed by atoms with van der Waals surface area (Å²) in [6.07, 6.45) is 0. The van der Waals surface area contributed by atoms with Crippen molar-refractivity contribution >= 4 is 22.7 Å². The Labute approximate surface area is 196 Å². The Kier molecular flexibility index (Phi) is 6.05. The van der Waals surface area contributed by atoms with E-state index in [1.807, 2.05) is 0 Å². The number of aromatic nitrogens is 4. The molecular formula is C24H16F2N4O3S. The molecule has 3 aromatic carbocycles. The lowest BCUT2D eigenvalue weighted by molar-refractivity contribution is 0.252. The number of fused-ring (bicyclic) bond motifs is 1. The maximum Gasteiger partial charge on any atom is 0.277 e. The van der Waals surface area contributed by atoms with E-state index in [2.05, 4.69) is 15.2 Å². The molecule has 5 aromatic rings. The van der Waals surface area contributed by atoms with Crippen molar-refractivity contribution in [3.8, 4) is 11.4 Å². The molecule has 2 aromatic heterocycles. The van der Waals surface area contributed by atoms with Gasteiger partial charge >= 0.3 is 0 Å². The second kappa shape index (κ2) is 9.44. The first-order chi connectivity index (χ1) is 16.6. The van der Waals surface area contributed by atoms with Gasteiger partial charge < -0.3 is 9.15 Å². The van der Waals surface area contributed by atoms with Gasteiger partial charge in [-0.25, -0.2) is 13.8 Å². The van der Waals surface area contributed by atoms with Gasteiger partial charge in [-0.05, 0) is 60.7 Å². The van der Waals surface area contributed by atoms with Crippen molar-refractivity contribution in [2.24, 2.45) is 0 Å². The summed E-state index contributed by atoms with van der Waals surface area (Å²) >= 11 is 1.21.